The molecule has 0 radical (unpaired) electrons. The Bertz CT molecular complexity index is 1690. The molecule has 1 N–H and O–H groups in total. The third-order valence-electron chi connectivity index (χ3n) is 7.20. The number of hydrogen-bond acceptors (Lipinski definition) is 5. The van der Waals surface area contributed by atoms with Crippen molar-refractivity contribution >= 4 is 45.3 Å². The van der Waals surface area contributed by atoms with Crippen LogP contribution in [0.25, 0.3) is 22.1 Å². The lowest BCUT2D eigenvalue weighted by atomic mass is 9.95. The number of aliphatic hydroxyl groups is 1. The number of nitrogens with zero attached hydrogens (tertiary/aromatic N) is 4. The van der Waals surface area contributed by atoms with E-state index in [9.17, 15) is 9.90 Å². The number of pyridine rings is 2. The Labute approximate surface area is 229 Å². The van der Waals surface area contributed by atoms with E-state index in [4.69, 9.17) is 37.9 Å². The summed E-state index contributed by atoms with van der Waals surface area (Å²) in [5.41, 5.74) is 3.42. The lowest BCUT2D eigenvalue weighted by Crippen LogP contribution is -2.29. The molecule has 1 aliphatic carbocycles. The molecule has 1 saturated carbocycles. The standard InChI is InChI=1S/C29H26Cl2N4O3/c30-23-13-10-19(15-24(23)31)16-34-27-26(35(29(34)37)20-5-2-1-3-6-20)25-22(7-4-14-32-25)28(33-27)38-21-11-8-18(17-36)9-12-21/h4,7-15,20,36H,1-3,5-6,16-17H2. The number of benzene rings is 2. The fraction of sp³-hybridized carbons (Fsp3) is 0.276. The molecule has 1 fully saturated rings. The molecule has 0 spiro atoms. The summed E-state index contributed by atoms with van der Waals surface area (Å²) in [4.78, 5) is 23.7. The molecule has 9 heteroatoms. The van der Waals surface area contributed by atoms with Crippen molar-refractivity contribution in [1.29, 1.82) is 0 Å². The van der Waals surface area contributed by atoms with Crippen LogP contribution in [0.2, 0.25) is 10.0 Å². The number of ether oxygens (including phenoxy) is 1. The maximum absolute atomic E-state index is 14.1. The Hall–Kier alpha value is -3.39. The summed E-state index contributed by atoms with van der Waals surface area (Å²) in [7, 11) is 0. The third-order valence-corrected chi connectivity index (χ3v) is 7.94. The number of imidazole rings is 1. The minimum atomic E-state index is -0.123. The first-order valence-corrected chi connectivity index (χ1v) is 13.5. The smallest absolute Gasteiger partial charge is 0.330 e. The molecule has 3 heterocycles. The molecule has 0 aliphatic heterocycles. The normalized spacial score (nSPS) is 14.4. The number of halogens is 2. The summed E-state index contributed by atoms with van der Waals surface area (Å²) >= 11 is 12.4. The number of aliphatic hydroxyl groups excluding tert-OH is 1. The average molecular weight is 549 g/mol. The van der Waals surface area contributed by atoms with Gasteiger partial charge in [-0.25, -0.2) is 4.79 Å². The Morgan fingerprint density at radius 1 is 0.974 bits per heavy atom. The minimum absolute atomic E-state index is 0.0486. The van der Waals surface area contributed by atoms with Crippen LogP contribution in [-0.4, -0.2) is 24.2 Å². The predicted octanol–water partition coefficient (Wildman–Crippen LogP) is 6.89. The lowest BCUT2D eigenvalue weighted by Gasteiger charge is -2.23. The van der Waals surface area contributed by atoms with Gasteiger partial charge in [0.15, 0.2) is 5.65 Å². The number of fused-ring (bicyclic) bond motifs is 3. The fourth-order valence-electron chi connectivity index (χ4n) is 5.30. The molecule has 3 aromatic heterocycles. The van der Waals surface area contributed by atoms with Crippen molar-refractivity contribution in [1.82, 2.24) is 19.1 Å². The van der Waals surface area contributed by atoms with Gasteiger partial charge in [0.25, 0.3) is 0 Å². The molecule has 6 rings (SSSR count). The largest absolute Gasteiger partial charge is 0.438 e. The van der Waals surface area contributed by atoms with Gasteiger partial charge in [-0.15, -0.1) is 0 Å². The molecule has 0 atom stereocenters. The van der Waals surface area contributed by atoms with Crippen molar-refractivity contribution in [3.63, 3.8) is 0 Å². The van der Waals surface area contributed by atoms with Gasteiger partial charge in [-0.2, -0.15) is 4.98 Å². The summed E-state index contributed by atoms with van der Waals surface area (Å²) in [6.45, 7) is 0.231. The molecule has 5 aromatic rings. The molecule has 0 saturated heterocycles. The van der Waals surface area contributed by atoms with Crippen molar-refractivity contribution in [3.05, 3.63) is 92.5 Å². The van der Waals surface area contributed by atoms with Crippen LogP contribution in [0, 0.1) is 0 Å². The predicted molar refractivity (Wildman–Crippen MR) is 149 cm³/mol. The highest BCUT2D eigenvalue weighted by Crippen LogP contribution is 2.36. The van der Waals surface area contributed by atoms with Crippen LogP contribution in [0.4, 0.5) is 0 Å². The third kappa shape index (κ3) is 4.55. The van der Waals surface area contributed by atoms with Gasteiger partial charge in [0.1, 0.15) is 16.8 Å². The van der Waals surface area contributed by atoms with Gasteiger partial charge in [-0.05, 0) is 60.4 Å². The average Bonchev–Trinajstić information content (AvgIpc) is 3.22. The number of rotatable bonds is 6. The molecule has 194 valence electrons. The second-order valence-corrected chi connectivity index (χ2v) is 10.5. The minimum Gasteiger partial charge on any atom is -0.438 e. The Kier molecular flexibility index (Phi) is 6.82. The van der Waals surface area contributed by atoms with E-state index < -0.39 is 0 Å². The van der Waals surface area contributed by atoms with Crippen LogP contribution >= 0.6 is 23.2 Å². The Balaban J connectivity index is 1.58. The second kappa shape index (κ2) is 10.4. The first-order valence-electron chi connectivity index (χ1n) is 12.7. The van der Waals surface area contributed by atoms with E-state index in [1.807, 2.05) is 22.8 Å². The van der Waals surface area contributed by atoms with Crippen molar-refractivity contribution < 1.29 is 9.84 Å². The summed E-state index contributed by atoms with van der Waals surface area (Å²) in [5, 5.41) is 11.0. The lowest BCUT2D eigenvalue weighted by molar-refractivity contribution is 0.281. The van der Waals surface area contributed by atoms with Crippen molar-refractivity contribution in [2.45, 2.75) is 51.3 Å². The van der Waals surface area contributed by atoms with Gasteiger partial charge in [-0.1, -0.05) is 60.7 Å². The van der Waals surface area contributed by atoms with Crippen LogP contribution in [0.5, 0.6) is 11.6 Å². The van der Waals surface area contributed by atoms with E-state index in [1.165, 1.54) is 6.42 Å². The quantitative estimate of drug-likeness (QED) is 0.249. The maximum atomic E-state index is 14.1. The summed E-state index contributed by atoms with van der Waals surface area (Å²) in [6, 6.07) is 16.4. The van der Waals surface area contributed by atoms with Gasteiger partial charge in [-0.3, -0.25) is 14.1 Å². The van der Waals surface area contributed by atoms with Gasteiger partial charge >= 0.3 is 5.69 Å². The van der Waals surface area contributed by atoms with E-state index in [0.717, 1.165) is 47.7 Å². The van der Waals surface area contributed by atoms with Crippen LogP contribution in [-0.2, 0) is 13.2 Å². The van der Waals surface area contributed by atoms with Crippen molar-refractivity contribution in [2.75, 3.05) is 0 Å². The number of hydrogen-bond donors (Lipinski definition) is 1. The van der Waals surface area contributed by atoms with Gasteiger partial charge in [0.05, 0.1) is 28.6 Å². The molecule has 2 aromatic carbocycles. The van der Waals surface area contributed by atoms with Gasteiger partial charge in [0, 0.05) is 12.2 Å². The monoisotopic (exact) mass is 548 g/mol. The molecular weight excluding hydrogens is 523 g/mol. The Morgan fingerprint density at radius 2 is 1.74 bits per heavy atom. The van der Waals surface area contributed by atoms with E-state index in [0.29, 0.717) is 32.8 Å². The SMILES string of the molecule is O=c1n(Cc2ccc(Cl)c(Cl)c2)c2nc(Oc3ccc(CO)cc3)c3cccnc3c2n1C1CCCCC1. The molecule has 7 nitrogen and oxygen atoms in total. The zero-order valence-electron chi connectivity index (χ0n) is 20.6. The number of aromatic nitrogens is 4. The topological polar surface area (TPSA) is 82.2 Å². The van der Waals surface area contributed by atoms with E-state index in [1.54, 1.807) is 47.2 Å². The van der Waals surface area contributed by atoms with Crippen LogP contribution in [0.1, 0.15) is 49.3 Å². The highest BCUT2D eigenvalue weighted by atomic mass is 35.5. The highest BCUT2D eigenvalue weighted by Gasteiger charge is 2.27. The van der Waals surface area contributed by atoms with Gasteiger partial charge < -0.3 is 9.84 Å². The summed E-state index contributed by atoms with van der Waals surface area (Å²) in [6.07, 6.45) is 6.96. The van der Waals surface area contributed by atoms with Crippen molar-refractivity contribution in [3.8, 4) is 11.6 Å². The second-order valence-electron chi connectivity index (χ2n) is 9.67. The Morgan fingerprint density at radius 3 is 2.47 bits per heavy atom. The molecule has 38 heavy (non-hydrogen) atoms. The van der Waals surface area contributed by atoms with Crippen LogP contribution < -0.4 is 10.4 Å². The molecule has 0 bridgehead atoms. The molecular formula is C29H26Cl2N4O3. The zero-order chi connectivity index (χ0) is 26.2. The first kappa shape index (κ1) is 24.9. The van der Waals surface area contributed by atoms with Crippen molar-refractivity contribution in [2.24, 2.45) is 0 Å². The van der Waals surface area contributed by atoms with E-state index >= 15 is 0 Å². The fourth-order valence-corrected chi connectivity index (χ4v) is 5.62. The van der Waals surface area contributed by atoms with E-state index in [2.05, 4.69) is 0 Å². The molecule has 1 aliphatic rings. The van der Waals surface area contributed by atoms with Crippen LogP contribution in [0.3, 0.4) is 0 Å². The maximum Gasteiger partial charge on any atom is 0.330 e. The van der Waals surface area contributed by atoms with Crippen LogP contribution in [0.15, 0.2) is 65.6 Å². The van der Waals surface area contributed by atoms with Gasteiger partial charge in [0.2, 0.25) is 5.88 Å². The highest BCUT2D eigenvalue weighted by molar-refractivity contribution is 6.42. The molecule has 0 unspecified atom stereocenters. The summed E-state index contributed by atoms with van der Waals surface area (Å²) < 4.78 is 9.81. The first-order chi connectivity index (χ1) is 18.5. The molecule has 0 amide bonds. The zero-order valence-corrected chi connectivity index (χ0v) is 22.1. The van der Waals surface area contributed by atoms with E-state index in [-0.39, 0.29) is 24.9 Å². The summed E-state index contributed by atoms with van der Waals surface area (Å²) in [5.74, 6) is 0.935.